The first kappa shape index (κ1) is 43.9. The second-order valence-electron chi connectivity index (χ2n) is 17.2. The molecule has 2 aromatic rings. The molecule has 11 heteroatoms. The Kier molecular flexibility index (Phi) is 15.8. The number of hydrogen-bond acceptors (Lipinski definition) is 8. The number of carbonyl (C=O) groups is 4. The first-order chi connectivity index (χ1) is 27.3. The fourth-order valence-corrected chi connectivity index (χ4v) is 8.70. The smallest absolute Gasteiger partial charge is 0.329 e. The van der Waals surface area contributed by atoms with Crippen LogP contribution >= 0.6 is 0 Å². The largest absolute Gasteiger partial charge is 0.455 e. The predicted octanol–water partition coefficient (Wildman–Crippen LogP) is 5.92. The van der Waals surface area contributed by atoms with Gasteiger partial charge in [0.15, 0.2) is 0 Å². The van der Waals surface area contributed by atoms with Gasteiger partial charge in [0.25, 0.3) is 0 Å². The first-order valence-electron chi connectivity index (χ1n) is 21.4. The summed E-state index contributed by atoms with van der Waals surface area (Å²) in [6, 6.07) is 18.5. The molecule has 5 rings (SSSR count). The van der Waals surface area contributed by atoms with E-state index in [1.165, 1.54) is 5.69 Å². The van der Waals surface area contributed by atoms with E-state index in [1.54, 1.807) is 23.8 Å². The number of nitrogens with one attached hydrogen (secondary N) is 1. The Labute approximate surface area is 341 Å². The van der Waals surface area contributed by atoms with Gasteiger partial charge in [0.1, 0.15) is 18.2 Å². The highest BCUT2D eigenvalue weighted by Crippen LogP contribution is 2.28. The number of esters is 1. The number of rotatable bonds is 15. The van der Waals surface area contributed by atoms with Crippen LogP contribution in [0.4, 0.5) is 5.69 Å². The van der Waals surface area contributed by atoms with Crippen LogP contribution in [0.5, 0.6) is 0 Å². The molecule has 57 heavy (non-hydrogen) atoms. The predicted molar refractivity (Wildman–Crippen MR) is 227 cm³/mol. The summed E-state index contributed by atoms with van der Waals surface area (Å²) in [5.74, 6) is -1.04. The number of amides is 3. The Bertz CT molecular complexity index is 1660. The lowest BCUT2D eigenvalue weighted by molar-refractivity contribution is -0.158. The van der Waals surface area contributed by atoms with Crippen LogP contribution in [-0.4, -0.2) is 126 Å². The SMILES string of the molecule is CC(=C[C@H](C(C)C)N(C)C(=O)[C@@H](NC(=O)[C@H]1CCCCN1C(C)C)C(C)C)C(=O)N1CCC[C@H]1C(=O)OC(CN1CCN(c2ccccc2)CC1)c1ccccc1. The van der Waals surface area contributed by atoms with Crippen molar-refractivity contribution in [2.45, 2.75) is 117 Å². The average Bonchev–Trinajstić information content (AvgIpc) is 3.72. The van der Waals surface area contributed by atoms with Gasteiger partial charge in [-0.2, -0.15) is 0 Å². The molecule has 5 atom stereocenters. The number of carbonyl (C=O) groups excluding carboxylic acids is 4. The lowest BCUT2D eigenvalue weighted by atomic mass is 9.95. The molecule has 1 N–H and O–H groups in total. The maximum absolute atomic E-state index is 14.2. The van der Waals surface area contributed by atoms with Crippen molar-refractivity contribution in [2.75, 3.05) is 57.8 Å². The molecule has 1 unspecified atom stereocenters. The van der Waals surface area contributed by atoms with Gasteiger partial charge in [-0.15, -0.1) is 0 Å². The molecule has 3 aliphatic rings. The van der Waals surface area contributed by atoms with E-state index in [9.17, 15) is 19.2 Å². The molecule has 3 saturated heterocycles. The average molecular weight is 785 g/mol. The van der Waals surface area contributed by atoms with Gasteiger partial charge < -0.3 is 24.8 Å². The Morgan fingerprint density at radius 3 is 2.04 bits per heavy atom. The zero-order chi connectivity index (χ0) is 41.2. The minimum absolute atomic E-state index is 0.0134. The maximum atomic E-state index is 14.2. The van der Waals surface area contributed by atoms with Crippen molar-refractivity contribution in [1.29, 1.82) is 0 Å². The second kappa shape index (κ2) is 20.5. The third kappa shape index (κ3) is 11.3. The summed E-state index contributed by atoms with van der Waals surface area (Å²) >= 11 is 0. The molecule has 312 valence electrons. The van der Waals surface area contributed by atoms with Crippen molar-refractivity contribution in [3.8, 4) is 0 Å². The minimum Gasteiger partial charge on any atom is -0.455 e. The van der Waals surface area contributed by atoms with E-state index in [1.807, 2.05) is 70.2 Å². The summed E-state index contributed by atoms with van der Waals surface area (Å²) in [6.07, 6.45) is 5.46. The molecule has 0 aliphatic carbocycles. The molecule has 0 bridgehead atoms. The number of hydrogen-bond donors (Lipinski definition) is 1. The summed E-state index contributed by atoms with van der Waals surface area (Å²) in [5.41, 5.74) is 2.62. The summed E-state index contributed by atoms with van der Waals surface area (Å²) in [4.78, 5) is 66.3. The molecule has 0 aromatic heterocycles. The molecular formula is C46H68N6O5. The van der Waals surface area contributed by atoms with Crippen LogP contribution in [0.2, 0.25) is 0 Å². The molecule has 11 nitrogen and oxygen atoms in total. The van der Waals surface area contributed by atoms with Crippen molar-refractivity contribution < 1.29 is 23.9 Å². The number of piperidine rings is 1. The van der Waals surface area contributed by atoms with E-state index in [0.29, 0.717) is 31.5 Å². The molecule has 2 aromatic carbocycles. The molecule has 3 amide bonds. The van der Waals surface area contributed by atoms with Gasteiger partial charge in [-0.05, 0) is 82.5 Å². The van der Waals surface area contributed by atoms with E-state index >= 15 is 0 Å². The lowest BCUT2D eigenvalue weighted by Crippen LogP contribution is -2.58. The normalized spacial score (nSPS) is 21.4. The van der Waals surface area contributed by atoms with Crippen LogP contribution in [0.15, 0.2) is 72.3 Å². The number of likely N-dealkylation sites (N-methyl/N-ethyl adjacent to an activating group) is 1. The Morgan fingerprint density at radius 2 is 1.42 bits per heavy atom. The topological polar surface area (TPSA) is 106 Å². The van der Waals surface area contributed by atoms with Gasteiger partial charge in [0.2, 0.25) is 17.7 Å². The third-order valence-corrected chi connectivity index (χ3v) is 12.1. The van der Waals surface area contributed by atoms with Gasteiger partial charge in [-0.25, -0.2) is 4.79 Å². The standard InChI is InChI=1S/C46H68N6O5/c1-32(2)40(48(8)45(55)42(33(3)4)47-43(53)38-22-15-16-24-51(38)34(5)6)30-35(7)44(54)52-25-17-23-39(52)46(56)57-41(36-18-11-9-12-19-36)31-49-26-28-50(29-27-49)37-20-13-10-14-21-37/h9-14,18-21,30,32-34,38-42H,15-17,22-29,31H2,1-8H3,(H,47,53)/t38-,39+,40-,41?,42+/m1/s1. The Hall–Kier alpha value is -4.22. The van der Waals surface area contributed by atoms with Gasteiger partial charge in [0, 0.05) is 63.6 Å². The fourth-order valence-electron chi connectivity index (χ4n) is 8.70. The molecule has 0 saturated carbocycles. The number of benzene rings is 2. The third-order valence-electron chi connectivity index (χ3n) is 12.1. The number of nitrogens with zero attached hydrogens (tertiary/aromatic N) is 5. The van der Waals surface area contributed by atoms with Crippen molar-refractivity contribution >= 4 is 29.4 Å². The van der Waals surface area contributed by atoms with Gasteiger partial charge >= 0.3 is 5.97 Å². The van der Waals surface area contributed by atoms with E-state index in [-0.39, 0.29) is 47.6 Å². The van der Waals surface area contributed by atoms with Crippen LogP contribution in [-0.2, 0) is 23.9 Å². The Morgan fingerprint density at radius 1 is 0.789 bits per heavy atom. The number of piperazine rings is 1. The summed E-state index contributed by atoms with van der Waals surface area (Å²) in [7, 11) is 1.76. The van der Waals surface area contributed by atoms with Crippen molar-refractivity contribution in [1.82, 2.24) is 24.9 Å². The highest BCUT2D eigenvalue weighted by Gasteiger charge is 2.39. The summed E-state index contributed by atoms with van der Waals surface area (Å²) in [5, 5.41) is 3.12. The van der Waals surface area contributed by atoms with Gasteiger partial charge in [-0.3, -0.25) is 24.2 Å². The number of para-hydroxylation sites is 1. The first-order valence-corrected chi connectivity index (χ1v) is 21.4. The monoisotopic (exact) mass is 785 g/mol. The van der Waals surface area contributed by atoms with Crippen LogP contribution in [0.1, 0.15) is 92.2 Å². The minimum atomic E-state index is -0.702. The van der Waals surface area contributed by atoms with Crippen LogP contribution < -0.4 is 10.2 Å². The van der Waals surface area contributed by atoms with Crippen LogP contribution in [0, 0.1) is 11.8 Å². The number of anilines is 1. The molecular weight excluding hydrogens is 717 g/mol. The molecule has 3 heterocycles. The fraction of sp³-hybridized carbons (Fsp3) is 0.609. The molecule has 0 radical (unpaired) electrons. The highest BCUT2D eigenvalue weighted by atomic mass is 16.5. The second-order valence-corrected chi connectivity index (χ2v) is 17.2. The Balaban J connectivity index is 1.24. The highest BCUT2D eigenvalue weighted by molar-refractivity contribution is 5.96. The number of likely N-dealkylation sites (tertiary alicyclic amines) is 2. The quantitative estimate of drug-likeness (QED) is 0.176. The van der Waals surface area contributed by atoms with Crippen LogP contribution in [0.25, 0.3) is 0 Å². The van der Waals surface area contributed by atoms with E-state index in [0.717, 1.165) is 57.5 Å². The maximum Gasteiger partial charge on any atom is 0.329 e. The number of ether oxygens (including phenoxy) is 1. The van der Waals surface area contributed by atoms with Crippen molar-refractivity contribution in [3.05, 3.63) is 77.9 Å². The summed E-state index contributed by atoms with van der Waals surface area (Å²) < 4.78 is 6.33. The zero-order valence-corrected chi connectivity index (χ0v) is 35.7. The lowest BCUT2D eigenvalue weighted by Gasteiger charge is -2.39. The zero-order valence-electron chi connectivity index (χ0n) is 35.7. The van der Waals surface area contributed by atoms with E-state index in [2.05, 4.69) is 58.1 Å². The van der Waals surface area contributed by atoms with Gasteiger partial charge in [0.05, 0.1) is 12.1 Å². The molecule has 3 aliphatic heterocycles. The molecule has 0 spiro atoms. The molecule has 3 fully saturated rings. The van der Waals surface area contributed by atoms with Crippen molar-refractivity contribution in [3.63, 3.8) is 0 Å². The van der Waals surface area contributed by atoms with Crippen LogP contribution in [0.3, 0.4) is 0 Å². The van der Waals surface area contributed by atoms with E-state index in [4.69, 9.17) is 4.74 Å². The van der Waals surface area contributed by atoms with Crippen molar-refractivity contribution in [2.24, 2.45) is 11.8 Å². The summed E-state index contributed by atoms with van der Waals surface area (Å²) in [6.45, 7) is 19.3. The van der Waals surface area contributed by atoms with Gasteiger partial charge in [-0.1, -0.05) is 88.7 Å². The van der Waals surface area contributed by atoms with E-state index < -0.39 is 24.2 Å².